The molecule has 2 rings (SSSR count). The van der Waals surface area contributed by atoms with Gasteiger partial charge < -0.3 is 4.74 Å². The van der Waals surface area contributed by atoms with Gasteiger partial charge in [-0.15, -0.1) is 11.6 Å². The number of ether oxygens (including phenoxy) is 1. The maximum atomic E-state index is 13.1. The molecule has 0 fully saturated rings. The standard InChI is InChI=1S/C14H12ClFO.2C2H6/c1-10(8-15)9-17-14-5-3-11-2-4-13(16)6-12(11)7-14;2*1-2/h2-7H,1,8-9H2;2*1-2H3. The highest BCUT2D eigenvalue weighted by molar-refractivity contribution is 6.19. The third-order valence-electron chi connectivity index (χ3n) is 2.41. The predicted molar refractivity (Wildman–Crippen MR) is 92.0 cm³/mol. The Labute approximate surface area is 132 Å². The maximum absolute atomic E-state index is 13.1. The fourth-order valence-electron chi connectivity index (χ4n) is 1.51. The number of benzene rings is 2. The van der Waals surface area contributed by atoms with Gasteiger partial charge in [0.05, 0.1) is 0 Å². The van der Waals surface area contributed by atoms with Crippen LogP contribution in [0.5, 0.6) is 5.75 Å². The van der Waals surface area contributed by atoms with E-state index in [0.717, 1.165) is 16.3 Å². The van der Waals surface area contributed by atoms with Crippen molar-refractivity contribution in [1.82, 2.24) is 0 Å². The number of rotatable bonds is 4. The second-order valence-electron chi connectivity index (χ2n) is 3.83. The van der Waals surface area contributed by atoms with Gasteiger partial charge in [-0.1, -0.05) is 46.4 Å². The lowest BCUT2D eigenvalue weighted by Gasteiger charge is -2.07. The Morgan fingerprint density at radius 1 is 1.05 bits per heavy atom. The van der Waals surface area contributed by atoms with Crippen LogP contribution < -0.4 is 4.74 Å². The molecule has 0 aromatic heterocycles. The van der Waals surface area contributed by atoms with Crippen LogP contribution in [0.1, 0.15) is 27.7 Å². The first-order valence-electron chi connectivity index (χ1n) is 7.24. The zero-order valence-electron chi connectivity index (χ0n) is 13.2. The molecule has 2 aromatic carbocycles. The number of fused-ring (bicyclic) bond motifs is 1. The molecule has 0 amide bonds. The van der Waals surface area contributed by atoms with Crippen LogP contribution in [0, 0.1) is 5.82 Å². The molecule has 2 aromatic rings. The van der Waals surface area contributed by atoms with Crippen molar-refractivity contribution in [2.45, 2.75) is 27.7 Å². The Morgan fingerprint density at radius 2 is 1.67 bits per heavy atom. The lowest BCUT2D eigenvalue weighted by molar-refractivity contribution is 0.353. The normalized spacial score (nSPS) is 9.05. The van der Waals surface area contributed by atoms with Gasteiger partial charge in [0.25, 0.3) is 0 Å². The molecule has 116 valence electrons. The third-order valence-corrected chi connectivity index (χ3v) is 2.78. The van der Waals surface area contributed by atoms with Gasteiger partial charge >= 0.3 is 0 Å². The van der Waals surface area contributed by atoms with E-state index in [0.29, 0.717) is 18.2 Å². The number of hydrogen-bond donors (Lipinski definition) is 0. The van der Waals surface area contributed by atoms with Gasteiger partial charge in [-0.25, -0.2) is 4.39 Å². The van der Waals surface area contributed by atoms with E-state index in [9.17, 15) is 4.39 Å². The van der Waals surface area contributed by atoms with Crippen LogP contribution in [0.15, 0.2) is 48.6 Å². The monoisotopic (exact) mass is 310 g/mol. The first kappa shape index (κ1) is 19.5. The highest BCUT2D eigenvalue weighted by Crippen LogP contribution is 2.22. The molecule has 0 atom stereocenters. The molecule has 0 aliphatic carbocycles. The molecular weight excluding hydrogens is 287 g/mol. The van der Waals surface area contributed by atoms with E-state index in [1.165, 1.54) is 12.1 Å². The van der Waals surface area contributed by atoms with E-state index < -0.39 is 0 Å². The summed E-state index contributed by atoms with van der Waals surface area (Å²) in [6, 6.07) is 10.2. The summed E-state index contributed by atoms with van der Waals surface area (Å²) >= 11 is 5.60. The largest absolute Gasteiger partial charge is 0.489 e. The minimum atomic E-state index is -0.250. The summed E-state index contributed by atoms with van der Waals surface area (Å²) in [5.41, 5.74) is 0.811. The van der Waals surface area contributed by atoms with Crippen molar-refractivity contribution >= 4 is 22.4 Å². The van der Waals surface area contributed by atoms with Gasteiger partial charge in [-0.2, -0.15) is 0 Å². The van der Waals surface area contributed by atoms with E-state index in [1.54, 1.807) is 12.1 Å². The maximum Gasteiger partial charge on any atom is 0.123 e. The van der Waals surface area contributed by atoms with E-state index in [-0.39, 0.29) is 5.82 Å². The summed E-state index contributed by atoms with van der Waals surface area (Å²) in [4.78, 5) is 0. The molecule has 0 aliphatic rings. The Morgan fingerprint density at radius 3 is 2.29 bits per heavy atom. The molecular formula is C18H24ClFO. The van der Waals surface area contributed by atoms with Crippen molar-refractivity contribution in [3.8, 4) is 5.75 Å². The SMILES string of the molecule is C=C(CCl)COc1ccc2ccc(F)cc2c1.CC.CC. The molecule has 0 aliphatic heterocycles. The van der Waals surface area contributed by atoms with Crippen LogP contribution >= 0.6 is 11.6 Å². The summed E-state index contributed by atoms with van der Waals surface area (Å²) in [6.45, 7) is 12.1. The second kappa shape index (κ2) is 11.2. The van der Waals surface area contributed by atoms with Crippen molar-refractivity contribution < 1.29 is 9.13 Å². The molecule has 3 heteroatoms. The van der Waals surface area contributed by atoms with Crippen molar-refractivity contribution in [3.63, 3.8) is 0 Å². The third kappa shape index (κ3) is 6.63. The average molecular weight is 311 g/mol. The van der Waals surface area contributed by atoms with Gasteiger partial charge in [-0.3, -0.25) is 0 Å². The van der Waals surface area contributed by atoms with Gasteiger partial charge in [0.2, 0.25) is 0 Å². The van der Waals surface area contributed by atoms with Crippen LogP contribution in [-0.2, 0) is 0 Å². The van der Waals surface area contributed by atoms with Gasteiger partial charge in [0.1, 0.15) is 18.2 Å². The molecule has 1 nitrogen and oxygen atoms in total. The van der Waals surface area contributed by atoms with Gasteiger partial charge in [0, 0.05) is 5.88 Å². The molecule has 0 saturated carbocycles. The molecule has 0 heterocycles. The number of alkyl halides is 1. The Balaban J connectivity index is 0.000000921. The molecule has 0 spiro atoms. The summed E-state index contributed by atoms with van der Waals surface area (Å²) in [5.74, 6) is 0.816. The second-order valence-corrected chi connectivity index (χ2v) is 4.09. The zero-order valence-corrected chi connectivity index (χ0v) is 14.0. The van der Waals surface area contributed by atoms with E-state index in [1.807, 2.05) is 39.8 Å². The Bertz CT molecular complexity index is 552. The molecule has 0 saturated heterocycles. The van der Waals surface area contributed by atoms with Crippen molar-refractivity contribution in [1.29, 1.82) is 0 Å². The summed E-state index contributed by atoms with van der Waals surface area (Å²) < 4.78 is 18.6. The summed E-state index contributed by atoms with van der Waals surface area (Å²) in [6.07, 6.45) is 0. The molecule has 21 heavy (non-hydrogen) atoms. The topological polar surface area (TPSA) is 9.23 Å². The summed E-state index contributed by atoms with van der Waals surface area (Å²) in [7, 11) is 0. The predicted octanol–water partition coefficient (Wildman–Crippen LogP) is 6.21. The van der Waals surface area contributed by atoms with Crippen molar-refractivity contribution in [2.75, 3.05) is 12.5 Å². The van der Waals surface area contributed by atoms with E-state index >= 15 is 0 Å². The van der Waals surface area contributed by atoms with Crippen LogP contribution in [0.4, 0.5) is 4.39 Å². The molecule has 0 unspecified atom stereocenters. The zero-order chi connectivity index (χ0) is 16.3. The van der Waals surface area contributed by atoms with E-state index in [4.69, 9.17) is 16.3 Å². The lowest BCUT2D eigenvalue weighted by Crippen LogP contribution is -2.00. The highest BCUT2D eigenvalue weighted by atomic mass is 35.5. The highest BCUT2D eigenvalue weighted by Gasteiger charge is 2.00. The minimum absolute atomic E-state index is 0.250. The van der Waals surface area contributed by atoms with Crippen molar-refractivity contribution in [3.05, 3.63) is 54.4 Å². The fraction of sp³-hybridized carbons (Fsp3) is 0.333. The van der Waals surface area contributed by atoms with Crippen LogP contribution in [-0.4, -0.2) is 12.5 Å². The quantitative estimate of drug-likeness (QED) is 0.482. The molecule has 0 N–H and O–H groups in total. The Kier molecular flexibility index (Phi) is 10.3. The summed E-state index contributed by atoms with van der Waals surface area (Å²) in [5, 5.41) is 1.80. The van der Waals surface area contributed by atoms with Crippen LogP contribution in [0.25, 0.3) is 10.8 Å². The Hall–Kier alpha value is -1.54. The van der Waals surface area contributed by atoms with E-state index in [2.05, 4.69) is 6.58 Å². The molecule has 0 bridgehead atoms. The van der Waals surface area contributed by atoms with Crippen LogP contribution in [0.2, 0.25) is 0 Å². The first-order chi connectivity index (χ1) is 10.2. The first-order valence-corrected chi connectivity index (χ1v) is 7.77. The van der Waals surface area contributed by atoms with Gasteiger partial charge in [-0.05, 0) is 40.6 Å². The van der Waals surface area contributed by atoms with Crippen molar-refractivity contribution in [2.24, 2.45) is 0 Å². The van der Waals surface area contributed by atoms with Gasteiger partial charge in [0.15, 0.2) is 0 Å². The minimum Gasteiger partial charge on any atom is -0.489 e. The fourth-order valence-corrected chi connectivity index (χ4v) is 1.59. The lowest BCUT2D eigenvalue weighted by atomic mass is 10.1. The average Bonchev–Trinajstić information content (AvgIpc) is 2.55. The van der Waals surface area contributed by atoms with Crippen LogP contribution in [0.3, 0.4) is 0 Å². The number of halogens is 2. The molecule has 0 radical (unpaired) electrons. The number of hydrogen-bond acceptors (Lipinski definition) is 1. The smallest absolute Gasteiger partial charge is 0.123 e.